The van der Waals surface area contributed by atoms with Gasteiger partial charge in [0.15, 0.2) is 5.17 Å². The van der Waals surface area contributed by atoms with Crippen LogP contribution in [0.4, 0.5) is 0 Å². The zero-order valence-corrected chi connectivity index (χ0v) is 17.0. The molecular weight excluding hydrogens is 395 g/mol. The van der Waals surface area contributed by atoms with Crippen molar-refractivity contribution >= 4 is 40.9 Å². The van der Waals surface area contributed by atoms with Crippen molar-refractivity contribution in [2.75, 3.05) is 0 Å². The first kappa shape index (κ1) is 19.8. The van der Waals surface area contributed by atoms with E-state index in [4.69, 9.17) is 16.6 Å². The summed E-state index contributed by atoms with van der Waals surface area (Å²) < 4.78 is 0. The van der Waals surface area contributed by atoms with Crippen molar-refractivity contribution in [1.82, 2.24) is 5.32 Å². The Morgan fingerprint density at radius 3 is 2.07 bits per heavy atom. The van der Waals surface area contributed by atoms with Crippen molar-refractivity contribution in [3.8, 4) is 0 Å². The molecule has 0 saturated heterocycles. The zero-order chi connectivity index (χ0) is 17.8. The van der Waals surface area contributed by atoms with E-state index < -0.39 is 0 Å². The lowest BCUT2D eigenvalue weighted by atomic mass is 9.95. The molecule has 1 aliphatic rings. The molecule has 2 atom stereocenters. The average Bonchev–Trinajstić information content (AvgIpc) is 3.13. The molecule has 2 nitrogen and oxygen atoms in total. The van der Waals surface area contributed by atoms with Gasteiger partial charge in [0.25, 0.3) is 0 Å². The molecule has 5 heteroatoms. The van der Waals surface area contributed by atoms with Gasteiger partial charge in [-0.25, -0.2) is 0 Å². The molecule has 0 spiro atoms. The summed E-state index contributed by atoms with van der Waals surface area (Å²) in [6.45, 7) is 0. The molecule has 0 aromatic heterocycles. The molecule has 0 saturated carbocycles. The molecule has 0 bridgehead atoms. The van der Waals surface area contributed by atoms with Crippen molar-refractivity contribution < 1.29 is 0 Å². The molecule has 2 unspecified atom stereocenters. The Morgan fingerprint density at radius 1 is 0.815 bits per heavy atom. The molecule has 0 amide bonds. The van der Waals surface area contributed by atoms with Crippen LogP contribution in [0.3, 0.4) is 0 Å². The second kappa shape index (κ2) is 9.32. The minimum Gasteiger partial charge on any atom is -0.356 e. The Bertz CT molecular complexity index is 900. The lowest BCUT2D eigenvalue weighted by Gasteiger charge is -2.19. The molecule has 27 heavy (non-hydrogen) atoms. The fourth-order valence-corrected chi connectivity index (χ4v) is 4.36. The molecule has 3 aromatic carbocycles. The van der Waals surface area contributed by atoms with Gasteiger partial charge >= 0.3 is 0 Å². The molecule has 0 aliphatic carbocycles. The summed E-state index contributed by atoms with van der Waals surface area (Å²) in [5.41, 5.74) is 3.60. The molecule has 0 radical (unpaired) electrons. The number of aliphatic imine (C=N–C) groups is 1. The number of halogens is 2. The minimum atomic E-state index is 0. The van der Waals surface area contributed by atoms with Gasteiger partial charge in [0.05, 0.1) is 6.04 Å². The van der Waals surface area contributed by atoms with E-state index in [2.05, 4.69) is 59.9 Å². The van der Waals surface area contributed by atoms with Crippen molar-refractivity contribution in [2.45, 2.75) is 17.8 Å². The van der Waals surface area contributed by atoms with E-state index in [1.54, 1.807) is 11.8 Å². The van der Waals surface area contributed by atoms with E-state index in [0.29, 0.717) is 0 Å². The van der Waals surface area contributed by atoms with Gasteiger partial charge < -0.3 is 5.32 Å². The van der Waals surface area contributed by atoms with Crippen LogP contribution >= 0.6 is 35.8 Å². The first-order valence-electron chi connectivity index (χ1n) is 8.62. The Kier molecular flexibility index (Phi) is 6.84. The Morgan fingerprint density at radius 2 is 1.41 bits per heavy atom. The number of nitrogens with one attached hydrogen (secondary N) is 1. The third kappa shape index (κ3) is 4.67. The van der Waals surface area contributed by atoms with Crippen LogP contribution < -0.4 is 5.32 Å². The molecule has 1 heterocycles. The topological polar surface area (TPSA) is 24.4 Å². The van der Waals surface area contributed by atoms with E-state index in [9.17, 15) is 0 Å². The highest BCUT2D eigenvalue weighted by atomic mass is 35.5. The number of thioether (sulfide) groups is 1. The summed E-state index contributed by atoms with van der Waals surface area (Å²) >= 11 is 7.99. The van der Waals surface area contributed by atoms with E-state index in [1.807, 2.05) is 30.3 Å². The molecule has 1 aliphatic heterocycles. The van der Waals surface area contributed by atoms with Crippen LogP contribution in [0.5, 0.6) is 0 Å². The van der Waals surface area contributed by atoms with Gasteiger partial charge in [-0.3, -0.25) is 4.99 Å². The second-order valence-corrected chi connectivity index (χ2v) is 7.57. The molecule has 138 valence electrons. The molecule has 4 rings (SSSR count). The number of hydrogen-bond donors (Lipinski definition) is 1. The van der Waals surface area contributed by atoms with Gasteiger partial charge in [-0.2, -0.15) is 0 Å². The van der Waals surface area contributed by atoms with Gasteiger partial charge in [-0.15, -0.1) is 12.4 Å². The maximum absolute atomic E-state index is 6.29. The van der Waals surface area contributed by atoms with Gasteiger partial charge in [0.1, 0.15) is 6.04 Å². The monoisotopic (exact) mass is 414 g/mol. The van der Waals surface area contributed by atoms with Crippen LogP contribution in [0, 0.1) is 0 Å². The summed E-state index contributed by atoms with van der Waals surface area (Å²) in [7, 11) is 0. The van der Waals surface area contributed by atoms with Crippen molar-refractivity contribution in [2.24, 2.45) is 4.99 Å². The summed E-state index contributed by atoms with van der Waals surface area (Å²) in [4.78, 5) is 4.99. The van der Waals surface area contributed by atoms with Crippen molar-refractivity contribution in [3.05, 3.63) is 107 Å². The van der Waals surface area contributed by atoms with E-state index in [0.717, 1.165) is 21.5 Å². The van der Waals surface area contributed by atoms with E-state index in [1.165, 1.54) is 11.1 Å². The van der Waals surface area contributed by atoms with Gasteiger partial charge in [-0.1, -0.05) is 102 Å². The maximum atomic E-state index is 6.29. The van der Waals surface area contributed by atoms with Crippen molar-refractivity contribution in [3.63, 3.8) is 0 Å². The summed E-state index contributed by atoms with van der Waals surface area (Å²) in [5, 5.41) is 5.38. The molecule has 0 fully saturated rings. The SMILES string of the molecule is Cl.Clc1ccccc1CSC1=NC(c2ccccc2)C(c2ccccc2)N1. The fraction of sp³-hybridized carbons (Fsp3) is 0.136. The Hall–Kier alpha value is -1.94. The number of nitrogens with zero attached hydrogens (tertiary/aromatic N) is 1. The highest BCUT2D eigenvalue weighted by Gasteiger charge is 2.31. The van der Waals surface area contributed by atoms with Gasteiger partial charge in [0, 0.05) is 10.8 Å². The molecular formula is C22H20Cl2N2S. The maximum Gasteiger partial charge on any atom is 0.158 e. The van der Waals surface area contributed by atoms with E-state index in [-0.39, 0.29) is 24.5 Å². The number of rotatable bonds is 4. The lowest BCUT2D eigenvalue weighted by molar-refractivity contribution is 0.573. The summed E-state index contributed by atoms with van der Waals surface area (Å²) in [6, 6.07) is 29.2. The third-order valence-electron chi connectivity index (χ3n) is 4.47. The van der Waals surface area contributed by atoms with Crippen LogP contribution in [0.25, 0.3) is 0 Å². The molecule has 3 aromatic rings. The van der Waals surface area contributed by atoms with Crippen LogP contribution in [-0.2, 0) is 5.75 Å². The largest absolute Gasteiger partial charge is 0.356 e. The van der Waals surface area contributed by atoms with Crippen LogP contribution in [-0.4, -0.2) is 5.17 Å². The van der Waals surface area contributed by atoms with Crippen LogP contribution in [0.1, 0.15) is 28.8 Å². The lowest BCUT2D eigenvalue weighted by Crippen LogP contribution is -2.22. The Labute approximate surface area is 175 Å². The van der Waals surface area contributed by atoms with Crippen LogP contribution in [0.2, 0.25) is 5.02 Å². The minimum absolute atomic E-state index is 0. The average molecular weight is 415 g/mol. The zero-order valence-electron chi connectivity index (χ0n) is 14.6. The highest BCUT2D eigenvalue weighted by Crippen LogP contribution is 2.38. The van der Waals surface area contributed by atoms with Gasteiger partial charge in [-0.05, 0) is 22.8 Å². The fourth-order valence-electron chi connectivity index (χ4n) is 3.13. The van der Waals surface area contributed by atoms with Crippen LogP contribution in [0.15, 0.2) is 89.9 Å². The second-order valence-electron chi connectivity index (χ2n) is 6.20. The van der Waals surface area contributed by atoms with E-state index >= 15 is 0 Å². The quantitative estimate of drug-likeness (QED) is 0.531. The first-order valence-corrected chi connectivity index (χ1v) is 9.98. The normalized spacial score (nSPS) is 18.3. The number of amidine groups is 1. The van der Waals surface area contributed by atoms with Gasteiger partial charge in [0.2, 0.25) is 0 Å². The molecule has 1 N–H and O–H groups in total. The standard InChI is InChI=1S/C22H19ClN2S.ClH/c23-19-14-8-7-13-18(19)15-26-22-24-20(16-9-3-1-4-10-16)21(25-22)17-11-5-2-6-12-17;/h1-14,20-21H,15H2,(H,24,25);1H. The summed E-state index contributed by atoms with van der Waals surface area (Å²) in [5.74, 6) is 0.800. The number of benzene rings is 3. The van der Waals surface area contributed by atoms with Crippen molar-refractivity contribution in [1.29, 1.82) is 0 Å². The third-order valence-corrected chi connectivity index (χ3v) is 5.79. The highest BCUT2D eigenvalue weighted by molar-refractivity contribution is 8.13. The smallest absolute Gasteiger partial charge is 0.158 e. The predicted octanol–water partition coefficient (Wildman–Crippen LogP) is 6.44. The Balaban J connectivity index is 0.00000210. The first-order chi connectivity index (χ1) is 12.8. The predicted molar refractivity (Wildman–Crippen MR) is 119 cm³/mol. The number of hydrogen-bond acceptors (Lipinski definition) is 3. The summed E-state index contributed by atoms with van der Waals surface area (Å²) in [6.07, 6.45) is 0.